The zero-order valence-corrected chi connectivity index (χ0v) is 11.5. The van der Waals surface area contributed by atoms with Gasteiger partial charge in [0.2, 0.25) is 5.76 Å². The van der Waals surface area contributed by atoms with Gasteiger partial charge >= 0.3 is 12.1 Å². The van der Waals surface area contributed by atoms with E-state index >= 15 is 0 Å². The van der Waals surface area contributed by atoms with Crippen molar-refractivity contribution in [2.45, 2.75) is 23.4 Å². The number of pyridine rings is 1. The molecule has 0 radical (unpaired) electrons. The molecule has 2 rings (SSSR count). The zero-order chi connectivity index (χ0) is 15.6. The molecule has 0 aliphatic heterocycles. The number of hydrogen-bond donors (Lipinski definition) is 1. The number of furan rings is 1. The standard InChI is InChI=1S/C13H10F3NO3S/c1-7(9-3-4-10(20-9)12(18)19)21-11-5-2-8(6-17-11)13(14,15)16/h2-7H,1H3,(H,18,19). The molecular formula is C13H10F3NO3S. The minimum atomic E-state index is -4.42. The number of rotatable bonds is 4. The van der Waals surface area contributed by atoms with E-state index in [9.17, 15) is 18.0 Å². The Bertz CT molecular complexity index is 637. The highest BCUT2D eigenvalue weighted by Gasteiger charge is 2.30. The topological polar surface area (TPSA) is 63.3 Å². The van der Waals surface area contributed by atoms with E-state index in [1.807, 2.05) is 0 Å². The molecule has 0 spiro atoms. The summed E-state index contributed by atoms with van der Waals surface area (Å²) in [6.07, 6.45) is -3.65. The molecule has 1 N–H and O–H groups in total. The van der Waals surface area contributed by atoms with Crippen LogP contribution in [0.25, 0.3) is 0 Å². The van der Waals surface area contributed by atoms with E-state index in [1.54, 1.807) is 6.92 Å². The molecule has 0 saturated carbocycles. The van der Waals surface area contributed by atoms with E-state index in [0.717, 1.165) is 12.3 Å². The number of aromatic carboxylic acids is 1. The maximum absolute atomic E-state index is 12.4. The van der Waals surface area contributed by atoms with Crippen LogP contribution in [-0.2, 0) is 6.18 Å². The number of nitrogens with zero attached hydrogens (tertiary/aromatic N) is 1. The number of aromatic nitrogens is 1. The molecule has 0 aliphatic rings. The molecule has 2 heterocycles. The van der Waals surface area contributed by atoms with Crippen LogP contribution < -0.4 is 0 Å². The Balaban J connectivity index is 2.08. The van der Waals surface area contributed by atoms with Crippen LogP contribution in [0.3, 0.4) is 0 Å². The van der Waals surface area contributed by atoms with E-state index in [0.29, 0.717) is 10.8 Å². The van der Waals surface area contributed by atoms with Crippen LogP contribution in [0.1, 0.15) is 34.1 Å². The highest BCUT2D eigenvalue weighted by Crippen LogP contribution is 2.36. The summed E-state index contributed by atoms with van der Waals surface area (Å²) in [6, 6.07) is 5.07. The fourth-order valence-electron chi connectivity index (χ4n) is 1.54. The van der Waals surface area contributed by atoms with Crippen molar-refractivity contribution in [1.82, 2.24) is 4.98 Å². The van der Waals surface area contributed by atoms with Gasteiger partial charge in [-0.15, -0.1) is 0 Å². The van der Waals surface area contributed by atoms with Gasteiger partial charge in [0.15, 0.2) is 0 Å². The monoisotopic (exact) mass is 317 g/mol. The van der Waals surface area contributed by atoms with E-state index in [2.05, 4.69) is 4.98 Å². The van der Waals surface area contributed by atoms with Gasteiger partial charge in [-0.05, 0) is 31.2 Å². The second-order valence-electron chi connectivity index (χ2n) is 4.15. The van der Waals surface area contributed by atoms with Crippen molar-refractivity contribution in [3.05, 3.63) is 47.5 Å². The average molecular weight is 317 g/mol. The Morgan fingerprint density at radius 2 is 2.05 bits per heavy atom. The number of carboxylic acid groups (broad SMARTS) is 1. The molecular weight excluding hydrogens is 307 g/mol. The van der Waals surface area contributed by atoms with E-state index in [4.69, 9.17) is 9.52 Å². The van der Waals surface area contributed by atoms with Gasteiger partial charge in [-0.3, -0.25) is 0 Å². The van der Waals surface area contributed by atoms with Gasteiger partial charge in [0.25, 0.3) is 0 Å². The first-order valence-electron chi connectivity index (χ1n) is 5.80. The number of hydrogen-bond acceptors (Lipinski definition) is 4. The lowest BCUT2D eigenvalue weighted by molar-refractivity contribution is -0.137. The zero-order valence-electron chi connectivity index (χ0n) is 10.7. The van der Waals surface area contributed by atoms with Gasteiger partial charge < -0.3 is 9.52 Å². The van der Waals surface area contributed by atoms with Crippen LogP contribution >= 0.6 is 11.8 Å². The van der Waals surface area contributed by atoms with Crippen LogP contribution in [0.15, 0.2) is 39.9 Å². The molecule has 2 aromatic rings. The van der Waals surface area contributed by atoms with Gasteiger partial charge in [0, 0.05) is 6.20 Å². The van der Waals surface area contributed by atoms with Gasteiger partial charge in [0.1, 0.15) is 5.76 Å². The Hall–Kier alpha value is -1.96. The maximum Gasteiger partial charge on any atom is 0.417 e. The highest BCUT2D eigenvalue weighted by molar-refractivity contribution is 7.99. The lowest BCUT2D eigenvalue weighted by atomic mass is 10.3. The Morgan fingerprint density at radius 1 is 1.33 bits per heavy atom. The highest BCUT2D eigenvalue weighted by atomic mass is 32.2. The molecule has 0 aromatic carbocycles. The summed E-state index contributed by atoms with van der Waals surface area (Å²) in [4.78, 5) is 14.4. The SMILES string of the molecule is CC(Sc1ccc(C(F)(F)F)cn1)c1ccc(C(=O)O)o1. The Morgan fingerprint density at radius 3 is 2.52 bits per heavy atom. The van der Waals surface area contributed by atoms with Gasteiger partial charge in [-0.2, -0.15) is 13.2 Å². The second kappa shape index (κ2) is 5.80. The summed E-state index contributed by atoms with van der Waals surface area (Å²) < 4.78 is 42.4. The number of carbonyl (C=O) groups is 1. The Kier molecular flexibility index (Phi) is 4.26. The predicted octanol–water partition coefficient (Wildman–Crippen LogP) is 4.24. The smallest absolute Gasteiger partial charge is 0.417 e. The predicted molar refractivity (Wildman–Crippen MR) is 69.2 cm³/mol. The number of carboxylic acids is 1. The molecule has 1 atom stereocenters. The number of thioether (sulfide) groups is 1. The van der Waals surface area contributed by atoms with Crippen molar-refractivity contribution in [2.75, 3.05) is 0 Å². The minimum Gasteiger partial charge on any atom is -0.475 e. The lowest BCUT2D eigenvalue weighted by Crippen LogP contribution is -2.05. The van der Waals surface area contributed by atoms with Crippen LogP contribution in [0, 0.1) is 0 Å². The van der Waals surface area contributed by atoms with E-state index in [-0.39, 0.29) is 11.0 Å². The third-order valence-corrected chi connectivity index (χ3v) is 3.67. The molecule has 2 aromatic heterocycles. The molecule has 1 unspecified atom stereocenters. The van der Waals surface area contributed by atoms with Crippen molar-refractivity contribution in [2.24, 2.45) is 0 Å². The first-order valence-corrected chi connectivity index (χ1v) is 6.68. The second-order valence-corrected chi connectivity index (χ2v) is 5.51. The van der Waals surface area contributed by atoms with Gasteiger partial charge in [-0.25, -0.2) is 9.78 Å². The summed E-state index contributed by atoms with van der Waals surface area (Å²) in [5.74, 6) is -0.942. The molecule has 0 saturated heterocycles. The fourth-order valence-corrected chi connectivity index (χ4v) is 2.41. The van der Waals surface area contributed by atoms with Crippen molar-refractivity contribution in [1.29, 1.82) is 0 Å². The number of halogens is 3. The summed E-state index contributed by atoms with van der Waals surface area (Å²) >= 11 is 1.18. The summed E-state index contributed by atoms with van der Waals surface area (Å²) in [5, 5.41) is 8.87. The normalized spacial score (nSPS) is 13.1. The lowest BCUT2D eigenvalue weighted by Gasteiger charge is -2.09. The molecule has 21 heavy (non-hydrogen) atoms. The first-order chi connectivity index (χ1) is 9.77. The molecule has 0 bridgehead atoms. The summed E-state index contributed by atoms with van der Waals surface area (Å²) in [5.41, 5.74) is -0.814. The molecule has 0 fully saturated rings. The van der Waals surface area contributed by atoms with Crippen LogP contribution in [0.4, 0.5) is 13.2 Å². The Labute approximate surface area is 122 Å². The fraction of sp³-hybridized carbons (Fsp3) is 0.231. The van der Waals surface area contributed by atoms with Crippen molar-refractivity contribution in [3.8, 4) is 0 Å². The summed E-state index contributed by atoms with van der Waals surface area (Å²) in [6.45, 7) is 1.74. The first kappa shape index (κ1) is 15.4. The third kappa shape index (κ3) is 3.78. The van der Waals surface area contributed by atoms with Gasteiger partial charge in [0.05, 0.1) is 15.8 Å². The maximum atomic E-state index is 12.4. The van der Waals surface area contributed by atoms with Crippen molar-refractivity contribution < 1.29 is 27.5 Å². The third-order valence-electron chi connectivity index (χ3n) is 2.60. The summed E-state index contributed by atoms with van der Waals surface area (Å²) in [7, 11) is 0. The van der Waals surface area contributed by atoms with Crippen LogP contribution in [0.5, 0.6) is 0 Å². The van der Waals surface area contributed by atoms with Crippen molar-refractivity contribution in [3.63, 3.8) is 0 Å². The van der Waals surface area contributed by atoms with Gasteiger partial charge in [-0.1, -0.05) is 11.8 Å². The quantitative estimate of drug-likeness (QED) is 0.854. The number of alkyl halides is 3. The molecule has 0 aliphatic carbocycles. The molecule has 112 valence electrons. The molecule has 0 amide bonds. The van der Waals surface area contributed by atoms with Crippen LogP contribution in [0.2, 0.25) is 0 Å². The van der Waals surface area contributed by atoms with E-state index in [1.165, 1.54) is 30.0 Å². The minimum absolute atomic E-state index is 0.183. The molecule has 8 heteroatoms. The largest absolute Gasteiger partial charge is 0.475 e. The van der Waals surface area contributed by atoms with E-state index < -0.39 is 17.7 Å². The van der Waals surface area contributed by atoms with Crippen molar-refractivity contribution >= 4 is 17.7 Å². The van der Waals surface area contributed by atoms with Crippen LogP contribution in [-0.4, -0.2) is 16.1 Å². The average Bonchev–Trinajstić information content (AvgIpc) is 2.88. The molecule has 4 nitrogen and oxygen atoms in total.